The van der Waals surface area contributed by atoms with E-state index in [1.807, 2.05) is 31.2 Å². The van der Waals surface area contributed by atoms with E-state index in [2.05, 4.69) is 22.4 Å². The molecule has 90 valence electrons. The van der Waals surface area contributed by atoms with E-state index >= 15 is 0 Å². The first-order chi connectivity index (χ1) is 8.13. The van der Waals surface area contributed by atoms with E-state index in [1.165, 1.54) is 0 Å². The molecule has 0 saturated carbocycles. The van der Waals surface area contributed by atoms with Crippen molar-refractivity contribution >= 4 is 34.6 Å². The van der Waals surface area contributed by atoms with Gasteiger partial charge >= 0.3 is 0 Å². The van der Waals surface area contributed by atoms with Crippen LogP contribution in [0, 0.1) is 0 Å². The first kappa shape index (κ1) is 13.7. The van der Waals surface area contributed by atoms with Crippen LogP contribution in [-0.2, 0) is 0 Å². The van der Waals surface area contributed by atoms with Crippen LogP contribution in [0.3, 0.4) is 0 Å². The van der Waals surface area contributed by atoms with E-state index < -0.39 is 0 Å². The van der Waals surface area contributed by atoms with Crippen molar-refractivity contribution in [3.8, 4) is 0 Å². The largest absolute Gasteiger partial charge is 0.358 e. The van der Waals surface area contributed by atoms with Gasteiger partial charge in [0.15, 0.2) is 5.11 Å². The van der Waals surface area contributed by atoms with E-state index in [0.29, 0.717) is 16.7 Å². The summed E-state index contributed by atoms with van der Waals surface area (Å²) < 4.78 is 0. The van der Waals surface area contributed by atoms with E-state index in [9.17, 15) is 0 Å². The normalized spacial score (nSPS) is 10.8. The molecule has 1 aromatic carbocycles. The van der Waals surface area contributed by atoms with Gasteiger partial charge in [0.1, 0.15) is 0 Å². The number of benzene rings is 1. The highest BCUT2D eigenvalue weighted by molar-refractivity contribution is 7.80. The molecule has 0 amide bonds. The predicted octanol–water partition coefficient (Wildman–Crippen LogP) is 2.71. The van der Waals surface area contributed by atoms with Gasteiger partial charge in [0.05, 0.1) is 5.71 Å². The van der Waals surface area contributed by atoms with Gasteiger partial charge in [0, 0.05) is 11.6 Å². The summed E-state index contributed by atoms with van der Waals surface area (Å²) in [7, 11) is 0. The van der Waals surface area contributed by atoms with E-state index in [-0.39, 0.29) is 0 Å². The highest BCUT2D eigenvalue weighted by Crippen LogP contribution is 2.09. The Labute approximate surface area is 112 Å². The summed E-state index contributed by atoms with van der Waals surface area (Å²) in [6.45, 7) is 6.09. The van der Waals surface area contributed by atoms with E-state index in [4.69, 9.17) is 23.8 Å². The van der Waals surface area contributed by atoms with Gasteiger partial charge < -0.3 is 5.32 Å². The minimum absolute atomic E-state index is 0.471. The Hall–Kier alpha value is -1.39. The Kier molecular flexibility index (Phi) is 5.66. The fourth-order valence-electron chi connectivity index (χ4n) is 1.09. The van der Waals surface area contributed by atoms with Crippen LogP contribution in [0.15, 0.2) is 42.0 Å². The molecule has 0 aliphatic heterocycles. The fourth-order valence-corrected chi connectivity index (χ4v) is 1.35. The van der Waals surface area contributed by atoms with Gasteiger partial charge in [-0.05, 0) is 36.8 Å². The Morgan fingerprint density at radius 1 is 1.47 bits per heavy atom. The highest BCUT2D eigenvalue weighted by Gasteiger charge is 1.97. The molecule has 0 aromatic heterocycles. The van der Waals surface area contributed by atoms with E-state index in [1.54, 1.807) is 6.08 Å². The molecule has 2 N–H and O–H groups in total. The van der Waals surface area contributed by atoms with Crippen molar-refractivity contribution in [2.24, 2.45) is 5.10 Å². The molecular formula is C12H14ClN3S. The number of nitrogens with zero attached hydrogens (tertiary/aromatic N) is 1. The molecule has 0 heterocycles. The Morgan fingerprint density at radius 3 is 2.71 bits per heavy atom. The SMILES string of the molecule is C=CCNC(=S)N/N=C(\C)c1ccc(Cl)cc1. The molecule has 0 radical (unpaired) electrons. The van der Waals surface area contributed by atoms with Gasteiger partial charge in [-0.2, -0.15) is 5.10 Å². The lowest BCUT2D eigenvalue weighted by molar-refractivity contribution is 0.936. The van der Waals surface area contributed by atoms with Crippen LogP contribution < -0.4 is 10.7 Å². The quantitative estimate of drug-likeness (QED) is 0.381. The van der Waals surface area contributed by atoms with Crippen molar-refractivity contribution in [3.05, 3.63) is 47.5 Å². The van der Waals surface area contributed by atoms with Crippen molar-refractivity contribution < 1.29 is 0 Å². The summed E-state index contributed by atoms with van der Waals surface area (Å²) in [5.74, 6) is 0. The topological polar surface area (TPSA) is 36.4 Å². The average molecular weight is 268 g/mol. The molecule has 0 bridgehead atoms. The van der Waals surface area contributed by atoms with Crippen LogP contribution in [0.4, 0.5) is 0 Å². The van der Waals surface area contributed by atoms with Crippen LogP contribution in [0.1, 0.15) is 12.5 Å². The molecule has 1 aromatic rings. The third-order valence-corrected chi connectivity index (χ3v) is 2.48. The van der Waals surface area contributed by atoms with Gasteiger partial charge in [-0.25, -0.2) is 0 Å². The van der Waals surface area contributed by atoms with Gasteiger partial charge in [0.2, 0.25) is 0 Å². The molecule has 0 fully saturated rings. The molecule has 0 aliphatic rings. The van der Waals surface area contributed by atoms with E-state index in [0.717, 1.165) is 11.3 Å². The van der Waals surface area contributed by atoms with Crippen molar-refractivity contribution in [1.29, 1.82) is 0 Å². The van der Waals surface area contributed by atoms with Crippen molar-refractivity contribution in [3.63, 3.8) is 0 Å². The summed E-state index contributed by atoms with van der Waals surface area (Å²) in [5.41, 5.74) is 4.59. The monoisotopic (exact) mass is 267 g/mol. The number of hydrogen-bond acceptors (Lipinski definition) is 2. The lowest BCUT2D eigenvalue weighted by Gasteiger charge is -2.05. The smallest absolute Gasteiger partial charge is 0.187 e. The van der Waals surface area contributed by atoms with Gasteiger partial charge in [-0.1, -0.05) is 29.8 Å². The van der Waals surface area contributed by atoms with Crippen LogP contribution >= 0.6 is 23.8 Å². The zero-order chi connectivity index (χ0) is 12.7. The van der Waals surface area contributed by atoms with Crippen LogP contribution in [0.2, 0.25) is 5.02 Å². The molecule has 0 aliphatic carbocycles. The number of hydrazone groups is 1. The molecule has 1 rings (SSSR count). The standard InChI is InChI=1S/C12H14ClN3S/c1-3-8-14-12(17)16-15-9(2)10-4-6-11(13)7-5-10/h3-7H,1,8H2,2H3,(H2,14,16,17)/b15-9+. The Morgan fingerprint density at radius 2 is 2.12 bits per heavy atom. The minimum Gasteiger partial charge on any atom is -0.358 e. The van der Waals surface area contributed by atoms with Crippen LogP contribution in [0.25, 0.3) is 0 Å². The molecule has 0 unspecified atom stereocenters. The van der Waals surface area contributed by atoms with Crippen molar-refractivity contribution in [1.82, 2.24) is 10.7 Å². The highest BCUT2D eigenvalue weighted by atomic mass is 35.5. The number of hydrogen-bond donors (Lipinski definition) is 2. The van der Waals surface area contributed by atoms with Crippen molar-refractivity contribution in [2.45, 2.75) is 6.92 Å². The number of nitrogens with one attached hydrogen (secondary N) is 2. The zero-order valence-corrected chi connectivity index (χ0v) is 11.1. The average Bonchev–Trinajstić information content (AvgIpc) is 2.34. The zero-order valence-electron chi connectivity index (χ0n) is 9.53. The lowest BCUT2D eigenvalue weighted by atomic mass is 10.1. The predicted molar refractivity (Wildman–Crippen MR) is 77.6 cm³/mol. The first-order valence-electron chi connectivity index (χ1n) is 5.08. The third-order valence-electron chi connectivity index (χ3n) is 1.99. The summed E-state index contributed by atoms with van der Waals surface area (Å²) in [6, 6.07) is 7.46. The summed E-state index contributed by atoms with van der Waals surface area (Å²) >= 11 is 10.8. The molecule has 0 atom stereocenters. The maximum Gasteiger partial charge on any atom is 0.187 e. The maximum atomic E-state index is 5.81. The minimum atomic E-state index is 0.471. The molecule has 3 nitrogen and oxygen atoms in total. The molecule has 5 heteroatoms. The lowest BCUT2D eigenvalue weighted by Crippen LogP contribution is -2.32. The van der Waals surface area contributed by atoms with Crippen LogP contribution in [0.5, 0.6) is 0 Å². The molecule has 0 saturated heterocycles. The number of halogens is 1. The van der Waals surface area contributed by atoms with Crippen molar-refractivity contribution in [2.75, 3.05) is 6.54 Å². The second-order valence-electron chi connectivity index (χ2n) is 3.31. The summed E-state index contributed by atoms with van der Waals surface area (Å²) in [4.78, 5) is 0. The Bertz CT molecular complexity index is 426. The van der Waals surface area contributed by atoms with Gasteiger partial charge in [-0.3, -0.25) is 5.43 Å². The molecular weight excluding hydrogens is 254 g/mol. The second kappa shape index (κ2) is 7.04. The van der Waals surface area contributed by atoms with Gasteiger partial charge in [0.25, 0.3) is 0 Å². The maximum absolute atomic E-state index is 5.81. The molecule has 0 spiro atoms. The van der Waals surface area contributed by atoms with Gasteiger partial charge in [-0.15, -0.1) is 6.58 Å². The fraction of sp³-hybridized carbons (Fsp3) is 0.167. The summed E-state index contributed by atoms with van der Waals surface area (Å²) in [6.07, 6.45) is 1.73. The third kappa shape index (κ3) is 4.97. The number of thiocarbonyl (C=S) groups is 1. The first-order valence-corrected chi connectivity index (χ1v) is 5.87. The Balaban J connectivity index is 2.57. The number of rotatable bonds is 4. The summed E-state index contributed by atoms with van der Waals surface area (Å²) in [5, 5.41) is 8.26. The molecule has 17 heavy (non-hydrogen) atoms. The second-order valence-corrected chi connectivity index (χ2v) is 4.16. The van der Waals surface area contributed by atoms with Crippen LogP contribution in [-0.4, -0.2) is 17.4 Å².